The van der Waals surface area contributed by atoms with Crippen molar-refractivity contribution in [3.63, 3.8) is 0 Å². The van der Waals surface area contributed by atoms with E-state index in [0.29, 0.717) is 11.8 Å². The van der Waals surface area contributed by atoms with Crippen molar-refractivity contribution in [3.8, 4) is 5.75 Å². The van der Waals surface area contributed by atoms with Gasteiger partial charge in [-0.1, -0.05) is 0 Å². The number of aromatic hydroxyl groups is 1. The van der Waals surface area contributed by atoms with Gasteiger partial charge in [0.15, 0.2) is 0 Å². The Hall–Kier alpha value is -1.22. The summed E-state index contributed by atoms with van der Waals surface area (Å²) >= 11 is 0. The highest BCUT2D eigenvalue weighted by Gasteiger charge is 2.23. The Balaban J connectivity index is 1.63. The van der Waals surface area contributed by atoms with Crippen LogP contribution in [0.15, 0.2) is 18.2 Å². The average molecular weight is 218 g/mol. The van der Waals surface area contributed by atoms with E-state index in [1.165, 1.54) is 24.1 Å². The van der Waals surface area contributed by atoms with Crippen molar-refractivity contribution < 1.29 is 5.11 Å². The molecule has 0 radical (unpaired) electrons. The van der Waals surface area contributed by atoms with Gasteiger partial charge in [0.05, 0.1) is 0 Å². The maximum atomic E-state index is 9.40. The first-order valence-corrected chi connectivity index (χ1v) is 6.13. The summed E-state index contributed by atoms with van der Waals surface area (Å²) in [6.07, 6.45) is 4.90. The monoisotopic (exact) mass is 218 g/mol. The van der Waals surface area contributed by atoms with E-state index in [-0.39, 0.29) is 0 Å². The summed E-state index contributed by atoms with van der Waals surface area (Å²) in [6, 6.07) is 6.92. The fourth-order valence-electron chi connectivity index (χ4n) is 2.30. The maximum absolute atomic E-state index is 9.40. The lowest BCUT2D eigenvalue weighted by molar-refractivity contribution is 0.473. The van der Waals surface area contributed by atoms with Gasteiger partial charge in [-0.3, -0.25) is 0 Å². The van der Waals surface area contributed by atoms with Crippen LogP contribution in [-0.4, -0.2) is 23.7 Å². The van der Waals surface area contributed by atoms with E-state index in [1.54, 1.807) is 6.07 Å². The number of benzene rings is 1. The third kappa shape index (κ3) is 2.14. The predicted molar refractivity (Wildman–Crippen MR) is 64.9 cm³/mol. The van der Waals surface area contributed by atoms with Gasteiger partial charge in [-0.2, -0.15) is 0 Å². The van der Waals surface area contributed by atoms with Crippen LogP contribution in [0.5, 0.6) is 5.75 Å². The van der Waals surface area contributed by atoms with Crippen molar-refractivity contribution in [2.45, 2.75) is 37.8 Å². The zero-order valence-corrected chi connectivity index (χ0v) is 9.37. The molecular weight excluding hydrogens is 200 g/mol. The molecule has 0 aromatic heterocycles. The molecule has 1 heterocycles. The third-order valence-corrected chi connectivity index (χ3v) is 3.44. The minimum atomic E-state index is 0.370. The van der Waals surface area contributed by atoms with Crippen molar-refractivity contribution >= 4 is 5.69 Å². The minimum absolute atomic E-state index is 0.370. The summed E-state index contributed by atoms with van der Waals surface area (Å²) in [6.45, 7) is 1.06. The fourth-order valence-corrected chi connectivity index (χ4v) is 2.30. The maximum Gasteiger partial charge on any atom is 0.116 e. The van der Waals surface area contributed by atoms with Crippen molar-refractivity contribution in [1.82, 2.24) is 5.32 Å². The van der Waals surface area contributed by atoms with E-state index in [2.05, 4.69) is 10.6 Å². The molecule has 1 atom stereocenters. The quantitative estimate of drug-likeness (QED) is 0.679. The van der Waals surface area contributed by atoms with Crippen LogP contribution >= 0.6 is 0 Å². The zero-order valence-electron chi connectivity index (χ0n) is 9.37. The van der Waals surface area contributed by atoms with Crippen LogP contribution in [-0.2, 0) is 6.42 Å². The van der Waals surface area contributed by atoms with Crippen molar-refractivity contribution in [1.29, 1.82) is 0 Å². The lowest BCUT2D eigenvalue weighted by atomic mass is 9.98. The van der Waals surface area contributed by atoms with E-state index < -0.39 is 0 Å². The Morgan fingerprint density at radius 2 is 2.19 bits per heavy atom. The summed E-state index contributed by atoms with van der Waals surface area (Å²) in [4.78, 5) is 0. The van der Waals surface area contributed by atoms with Gasteiger partial charge >= 0.3 is 0 Å². The van der Waals surface area contributed by atoms with Crippen LogP contribution in [0.1, 0.15) is 24.8 Å². The number of aryl methyl sites for hydroxylation is 1. The largest absolute Gasteiger partial charge is 0.508 e. The van der Waals surface area contributed by atoms with Crippen LogP contribution in [0, 0.1) is 0 Å². The van der Waals surface area contributed by atoms with Gasteiger partial charge in [-0.25, -0.2) is 0 Å². The number of anilines is 1. The molecule has 3 N–H and O–H groups in total. The molecule has 1 saturated carbocycles. The molecule has 1 unspecified atom stereocenters. The van der Waals surface area contributed by atoms with Crippen molar-refractivity contribution in [3.05, 3.63) is 23.8 Å². The zero-order chi connectivity index (χ0) is 11.0. The Morgan fingerprint density at radius 3 is 3.00 bits per heavy atom. The molecule has 0 amide bonds. The van der Waals surface area contributed by atoms with Crippen LogP contribution in [0.2, 0.25) is 0 Å². The topological polar surface area (TPSA) is 44.3 Å². The van der Waals surface area contributed by atoms with E-state index in [9.17, 15) is 5.11 Å². The van der Waals surface area contributed by atoms with Crippen molar-refractivity contribution in [2.24, 2.45) is 0 Å². The molecule has 16 heavy (non-hydrogen) atoms. The molecule has 3 rings (SSSR count). The van der Waals surface area contributed by atoms with Crippen molar-refractivity contribution in [2.75, 3.05) is 11.9 Å². The van der Waals surface area contributed by atoms with Gasteiger partial charge in [0.2, 0.25) is 0 Å². The molecule has 86 valence electrons. The molecule has 1 aliphatic heterocycles. The van der Waals surface area contributed by atoms with E-state index in [1.807, 2.05) is 12.1 Å². The molecule has 1 aromatic carbocycles. The standard InChI is InChI=1S/C13H18N2O/c16-12-5-6-13-9(7-12)1-2-11(15-13)8-14-10-3-4-10/h5-7,10-11,14-16H,1-4,8H2. The number of rotatable bonds is 3. The first kappa shape index (κ1) is 9.97. The lowest BCUT2D eigenvalue weighted by Crippen LogP contribution is -2.36. The number of hydrogen-bond acceptors (Lipinski definition) is 3. The average Bonchev–Trinajstić information content (AvgIpc) is 3.10. The van der Waals surface area contributed by atoms with Gasteiger partial charge in [0.25, 0.3) is 0 Å². The first-order valence-electron chi connectivity index (χ1n) is 6.13. The fraction of sp³-hybridized carbons (Fsp3) is 0.538. The van der Waals surface area contributed by atoms with E-state index >= 15 is 0 Å². The Kier molecular flexibility index (Phi) is 2.48. The molecule has 3 nitrogen and oxygen atoms in total. The van der Waals surface area contributed by atoms with Crippen LogP contribution < -0.4 is 10.6 Å². The molecule has 1 aliphatic carbocycles. The molecule has 0 bridgehead atoms. The van der Waals surface area contributed by atoms with E-state index in [0.717, 1.165) is 25.4 Å². The number of phenols is 1. The third-order valence-electron chi connectivity index (χ3n) is 3.44. The molecule has 3 heteroatoms. The second-order valence-electron chi connectivity index (χ2n) is 4.90. The van der Waals surface area contributed by atoms with Gasteiger partial charge < -0.3 is 15.7 Å². The summed E-state index contributed by atoms with van der Waals surface area (Å²) in [7, 11) is 0. The van der Waals surface area contributed by atoms with Crippen LogP contribution in [0.25, 0.3) is 0 Å². The van der Waals surface area contributed by atoms with Gasteiger partial charge in [-0.15, -0.1) is 0 Å². The van der Waals surface area contributed by atoms with Gasteiger partial charge in [-0.05, 0) is 49.4 Å². The molecule has 0 saturated heterocycles. The molecule has 0 spiro atoms. The lowest BCUT2D eigenvalue weighted by Gasteiger charge is -2.27. The smallest absolute Gasteiger partial charge is 0.116 e. The second kappa shape index (κ2) is 3.98. The SMILES string of the molecule is Oc1ccc2c(c1)CCC(CNC1CC1)N2. The molecular formula is C13H18N2O. The number of fused-ring (bicyclic) bond motifs is 1. The summed E-state index contributed by atoms with van der Waals surface area (Å²) < 4.78 is 0. The van der Waals surface area contributed by atoms with Crippen LogP contribution in [0.4, 0.5) is 5.69 Å². The molecule has 1 aromatic rings. The number of nitrogens with one attached hydrogen (secondary N) is 2. The summed E-state index contributed by atoms with van der Waals surface area (Å²) in [5, 5.41) is 16.5. The molecule has 1 fully saturated rings. The number of hydrogen-bond donors (Lipinski definition) is 3. The summed E-state index contributed by atoms with van der Waals surface area (Å²) in [5.74, 6) is 0.370. The van der Waals surface area contributed by atoms with Crippen LogP contribution in [0.3, 0.4) is 0 Å². The number of phenolic OH excluding ortho intramolecular Hbond substituents is 1. The van der Waals surface area contributed by atoms with Gasteiger partial charge in [0, 0.05) is 24.3 Å². The highest BCUT2D eigenvalue weighted by molar-refractivity contribution is 5.56. The minimum Gasteiger partial charge on any atom is -0.508 e. The molecule has 2 aliphatic rings. The Labute approximate surface area is 95.9 Å². The highest BCUT2D eigenvalue weighted by Crippen LogP contribution is 2.28. The van der Waals surface area contributed by atoms with E-state index in [4.69, 9.17) is 0 Å². The van der Waals surface area contributed by atoms with Gasteiger partial charge in [0.1, 0.15) is 5.75 Å². The predicted octanol–water partition coefficient (Wildman–Crippen LogP) is 1.87. The second-order valence-corrected chi connectivity index (χ2v) is 4.90. The highest BCUT2D eigenvalue weighted by atomic mass is 16.3. The summed E-state index contributed by atoms with van der Waals surface area (Å²) in [5.41, 5.74) is 2.43. The Bertz CT molecular complexity index is 388. The normalized spacial score (nSPS) is 23.6. The first-order chi connectivity index (χ1) is 7.81. The Morgan fingerprint density at radius 1 is 1.31 bits per heavy atom.